The summed E-state index contributed by atoms with van der Waals surface area (Å²) < 4.78 is 0. The van der Waals surface area contributed by atoms with Crippen LogP contribution in [0.5, 0.6) is 0 Å². The molecule has 0 saturated carbocycles. The minimum atomic E-state index is 0.610. The molecule has 0 aliphatic rings. The molecule has 0 unspecified atom stereocenters. The Labute approximate surface area is 310 Å². The Morgan fingerprint density at radius 1 is 0.259 bits per heavy atom. The van der Waals surface area contributed by atoms with Gasteiger partial charge in [-0.1, -0.05) is 140 Å². The molecule has 6 aromatic carbocycles. The first-order valence-corrected chi connectivity index (χ1v) is 17.7. The van der Waals surface area contributed by atoms with Crippen LogP contribution in [0.15, 0.2) is 176 Å². The van der Waals surface area contributed by atoms with Gasteiger partial charge in [-0.2, -0.15) is 0 Å². The Hall–Kier alpha value is -7.51. The van der Waals surface area contributed by atoms with E-state index in [2.05, 4.69) is 83.8 Å². The molecule has 252 valence electrons. The van der Waals surface area contributed by atoms with Crippen molar-refractivity contribution in [3.05, 3.63) is 176 Å². The van der Waals surface area contributed by atoms with Crippen molar-refractivity contribution in [2.45, 2.75) is 0 Å². The molecule has 0 aliphatic heterocycles. The van der Waals surface area contributed by atoms with E-state index in [4.69, 9.17) is 29.9 Å². The molecule has 0 atom stereocenters. The van der Waals surface area contributed by atoms with Gasteiger partial charge in [-0.05, 0) is 41.5 Å². The molecule has 7 nitrogen and oxygen atoms in total. The number of fused-ring (bicyclic) bond motifs is 3. The van der Waals surface area contributed by atoms with Crippen LogP contribution in [0, 0.1) is 0 Å². The first kappa shape index (κ1) is 31.2. The van der Waals surface area contributed by atoms with Crippen molar-refractivity contribution in [2.24, 2.45) is 0 Å². The van der Waals surface area contributed by atoms with Crippen molar-refractivity contribution in [3.63, 3.8) is 0 Å². The number of benzene rings is 6. The minimum absolute atomic E-state index is 0.610. The molecule has 0 fully saturated rings. The van der Waals surface area contributed by atoms with E-state index >= 15 is 0 Å². The van der Waals surface area contributed by atoms with Crippen molar-refractivity contribution >= 4 is 32.7 Å². The van der Waals surface area contributed by atoms with Gasteiger partial charge in [0.1, 0.15) is 5.69 Å². The summed E-state index contributed by atoms with van der Waals surface area (Å²) in [7, 11) is 0. The Morgan fingerprint density at radius 3 is 1.33 bits per heavy atom. The predicted octanol–water partition coefficient (Wildman–Crippen LogP) is 10.9. The fraction of sp³-hybridized carbons (Fsp3) is 0. The van der Waals surface area contributed by atoms with Gasteiger partial charge >= 0.3 is 0 Å². The van der Waals surface area contributed by atoms with E-state index in [0.29, 0.717) is 23.3 Å². The molecular weight excluding hydrogens is 663 g/mol. The van der Waals surface area contributed by atoms with Crippen LogP contribution in [0.4, 0.5) is 0 Å². The summed E-state index contributed by atoms with van der Waals surface area (Å²) in [5.74, 6) is 2.50. The molecule has 4 aromatic heterocycles. The van der Waals surface area contributed by atoms with Crippen molar-refractivity contribution in [2.75, 3.05) is 0 Å². The number of pyridine rings is 2. The monoisotopic (exact) mass is 691 g/mol. The third-order valence-corrected chi connectivity index (χ3v) is 9.57. The van der Waals surface area contributed by atoms with E-state index in [1.54, 1.807) is 0 Å². The van der Waals surface area contributed by atoms with Crippen LogP contribution in [0.1, 0.15) is 0 Å². The van der Waals surface area contributed by atoms with Crippen LogP contribution in [0.3, 0.4) is 0 Å². The highest BCUT2D eigenvalue weighted by molar-refractivity contribution is 5.90. The minimum Gasteiger partial charge on any atom is -0.248 e. The summed E-state index contributed by atoms with van der Waals surface area (Å²) in [6.45, 7) is 0. The van der Waals surface area contributed by atoms with Gasteiger partial charge < -0.3 is 0 Å². The fourth-order valence-corrected chi connectivity index (χ4v) is 6.70. The third kappa shape index (κ3) is 5.99. The first-order chi connectivity index (χ1) is 26.7. The normalized spacial score (nSPS) is 11.3. The van der Waals surface area contributed by atoms with Gasteiger partial charge in [0, 0.05) is 44.6 Å². The van der Waals surface area contributed by atoms with E-state index in [-0.39, 0.29) is 0 Å². The number of hydrogen-bond acceptors (Lipinski definition) is 7. The predicted molar refractivity (Wildman–Crippen MR) is 216 cm³/mol. The average Bonchev–Trinajstić information content (AvgIpc) is 3.26. The van der Waals surface area contributed by atoms with Gasteiger partial charge in [0.2, 0.25) is 0 Å². The smallest absolute Gasteiger partial charge is 0.178 e. The Balaban J connectivity index is 0.964. The fourth-order valence-electron chi connectivity index (χ4n) is 6.70. The number of nitrogens with zero attached hydrogens (tertiary/aromatic N) is 7. The zero-order valence-electron chi connectivity index (χ0n) is 28.9. The highest BCUT2D eigenvalue weighted by atomic mass is 15.0. The summed E-state index contributed by atoms with van der Waals surface area (Å²) in [5.41, 5.74) is 10.2. The van der Waals surface area contributed by atoms with Crippen molar-refractivity contribution < 1.29 is 0 Å². The second-order valence-corrected chi connectivity index (χ2v) is 13.1. The highest BCUT2D eigenvalue weighted by Crippen LogP contribution is 2.31. The average molecular weight is 692 g/mol. The van der Waals surface area contributed by atoms with Gasteiger partial charge in [-0.15, -0.1) is 0 Å². The zero-order chi connectivity index (χ0) is 35.8. The zero-order valence-corrected chi connectivity index (χ0v) is 28.9. The van der Waals surface area contributed by atoms with E-state index < -0.39 is 0 Å². The van der Waals surface area contributed by atoms with Crippen LogP contribution in [0.25, 0.3) is 101 Å². The molecular formula is C47H29N7. The van der Waals surface area contributed by atoms with E-state index in [1.807, 2.05) is 97.2 Å². The van der Waals surface area contributed by atoms with E-state index in [9.17, 15) is 0 Å². The lowest BCUT2D eigenvalue weighted by atomic mass is 10.0. The molecule has 0 spiro atoms. The van der Waals surface area contributed by atoms with Crippen LogP contribution in [-0.4, -0.2) is 34.9 Å². The molecule has 0 saturated heterocycles. The Kier molecular flexibility index (Phi) is 7.66. The molecule has 4 heterocycles. The SMILES string of the molecule is c1ccc(-c2nc(-c3ccccc3)nc(-c3ccc(-c4ccc5ccc(-c6ccc7ccc(-c8ncc9ccccc9n8)nc7c6)cc5n4)cc3)n2)cc1. The number of para-hydroxylation sites is 1. The van der Waals surface area contributed by atoms with Gasteiger partial charge in [0.15, 0.2) is 23.3 Å². The molecule has 0 amide bonds. The van der Waals surface area contributed by atoms with Gasteiger partial charge in [0.05, 0.1) is 22.2 Å². The van der Waals surface area contributed by atoms with Crippen molar-refractivity contribution in [1.82, 2.24) is 34.9 Å². The lowest BCUT2D eigenvalue weighted by molar-refractivity contribution is 1.07. The van der Waals surface area contributed by atoms with Crippen LogP contribution in [0.2, 0.25) is 0 Å². The molecule has 54 heavy (non-hydrogen) atoms. The lowest BCUT2D eigenvalue weighted by Gasteiger charge is -2.10. The molecule has 10 rings (SSSR count). The number of rotatable bonds is 6. The van der Waals surface area contributed by atoms with Crippen LogP contribution in [-0.2, 0) is 0 Å². The number of hydrogen-bond donors (Lipinski definition) is 0. The number of aromatic nitrogens is 7. The molecule has 0 radical (unpaired) electrons. The molecule has 0 N–H and O–H groups in total. The molecule has 0 aliphatic carbocycles. The quantitative estimate of drug-likeness (QED) is 0.171. The maximum Gasteiger partial charge on any atom is 0.178 e. The summed E-state index contributed by atoms with van der Waals surface area (Å²) >= 11 is 0. The second kappa shape index (κ2) is 13.2. The third-order valence-electron chi connectivity index (χ3n) is 9.57. The first-order valence-electron chi connectivity index (χ1n) is 17.7. The van der Waals surface area contributed by atoms with Crippen molar-refractivity contribution in [3.8, 4) is 68.1 Å². The largest absolute Gasteiger partial charge is 0.248 e. The van der Waals surface area contributed by atoms with Gasteiger partial charge in [-0.3, -0.25) is 0 Å². The molecule has 10 aromatic rings. The topological polar surface area (TPSA) is 90.2 Å². The Morgan fingerprint density at radius 2 is 0.722 bits per heavy atom. The van der Waals surface area contributed by atoms with E-state index in [1.165, 1.54) is 0 Å². The lowest BCUT2D eigenvalue weighted by Crippen LogP contribution is -2.00. The summed E-state index contributed by atoms with van der Waals surface area (Å²) in [6, 6.07) is 57.3. The summed E-state index contributed by atoms with van der Waals surface area (Å²) in [5, 5.41) is 3.13. The Bertz CT molecular complexity index is 2930. The van der Waals surface area contributed by atoms with Gasteiger partial charge in [0.25, 0.3) is 0 Å². The van der Waals surface area contributed by atoms with Gasteiger partial charge in [-0.25, -0.2) is 34.9 Å². The second-order valence-electron chi connectivity index (χ2n) is 13.1. The maximum atomic E-state index is 5.11. The standard InChI is InChI=1S/C47H29N7/c1-3-9-33(10-4-1)44-52-45(34-11-5-2-6-12-34)54-46(53-44)35-19-15-30(16-20-35)40-25-23-31-17-21-36(27-42(31)49-40)37-22-18-32-24-26-41(50-43(32)28-37)47-48-29-38-13-7-8-14-39(38)51-47/h1-29H. The summed E-state index contributed by atoms with van der Waals surface area (Å²) in [4.78, 5) is 34.0. The van der Waals surface area contributed by atoms with Crippen LogP contribution >= 0.6 is 0 Å². The maximum absolute atomic E-state index is 5.11. The molecule has 7 heteroatoms. The highest BCUT2D eigenvalue weighted by Gasteiger charge is 2.13. The summed E-state index contributed by atoms with van der Waals surface area (Å²) in [6.07, 6.45) is 1.85. The molecule has 0 bridgehead atoms. The van der Waals surface area contributed by atoms with Crippen molar-refractivity contribution in [1.29, 1.82) is 0 Å². The van der Waals surface area contributed by atoms with Crippen LogP contribution < -0.4 is 0 Å². The van der Waals surface area contributed by atoms with E-state index in [0.717, 1.165) is 77.5 Å².